The fraction of sp³-hybridized carbons (Fsp3) is 0.524. The largest absolute Gasteiger partial charge is 0.325 e. The number of thioether (sulfide) groups is 1. The van der Waals surface area contributed by atoms with Crippen LogP contribution in [0.4, 0.5) is 16.5 Å². The Bertz CT molecular complexity index is 927. The zero-order valence-corrected chi connectivity index (χ0v) is 19.5. The Morgan fingerprint density at radius 1 is 1.16 bits per heavy atom. The van der Waals surface area contributed by atoms with E-state index in [0.717, 1.165) is 31.6 Å². The van der Waals surface area contributed by atoms with E-state index < -0.39 is 4.92 Å². The number of hydrogen-bond acceptors (Lipinski definition) is 8. The number of hydrogen-bond donors (Lipinski definition) is 2. The number of aromatic nitrogens is 2. The van der Waals surface area contributed by atoms with Gasteiger partial charge in [-0.1, -0.05) is 49.3 Å². The predicted molar refractivity (Wildman–Crippen MR) is 126 cm³/mol. The van der Waals surface area contributed by atoms with Crippen molar-refractivity contribution in [3.63, 3.8) is 0 Å². The van der Waals surface area contributed by atoms with Crippen LogP contribution in [0.5, 0.6) is 0 Å². The second-order valence-corrected chi connectivity index (χ2v) is 10.1. The molecule has 0 aliphatic heterocycles. The molecule has 1 fully saturated rings. The maximum Gasteiger partial charge on any atom is 0.269 e. The Balaban J connectivity index is 1.40. The van der Waals surface area contributed by atoms with Crippen LogP contribution < -0.4 is 10.6 Å². The number of rotatable bonds is 10. The molecule has 172 valence electrons. The lowest BCUT2D eigenvalue weighted by Gasteiger charge is -2.27. The number of carbonyl (C=O) groups is 2. The molecule has 2 N–H and O–H groups in total. The summed E-state index contributed by atoms with van der Waals surface area (Å²) in [5.74, 6) is 0.634. The first-order chi connectivity index (χ1) is 15.4. The van der Waals surface area contributed by atoms with Gasteiger partial charge in [0.1, 0.15) is 0 Å². The molecule has 2 aromatic rings. The zero-order chi connectivity index (χ0) is 22.9. The van der Waals surface area contributed by atoms with Gasteiger partial charge in [-0.2, -0.15) is 0 Å². The Morgan fingerprint density at radius 2 is 1.88 bits per heavy atom. The number of nitrogens with zero attached hydrogens (tertiary/aromatic N) is 3. The molecule has 1 aliphatic rings. The summed E-state index contributed by atoms with van der Waals surface area (Å²) in [7, 11) is 0. The van der Waals surface area contributed by atoms with Crippen molar-refractivity contribution in [2.24, 2.45) is 11.8 Å². The predicted octanol–water partition coefficient (Wildman–Crippen LogP) is 5.11. The molecule has 0 atom stereocenters. The smallest absolute Gasteiger partial charge is 0.269 e. The summed E-state index contributed by atoms with van der Waals surface area (Å²) in [6.45, 7) is 2.21. The number of non-ortho nitro benzene ring substituents is 1. The van der Waals surface area contributed by atoms with Crippen molar-refractivity contribution in [2.45, 2.75) is 56.2 Å². The molecule has 9 nitrogen and oxygen atoms in total. The lowest BCUT2D eigenvalue weighted by Crippen LogP contribution is -2.27. The van der Waals surface area contributed by atoms with Gasteiger partial charge < -0.3 is 10.6 Å². The van der Waals surface area contributed by atoms with Crippen molar-refractivity contribution in [3.8, 4) is 0 Å². The van der Waals surface area contributed by atoms with Gasteiger partial charge in [0.15, 0.2) is 4.34 Å². The molecule has 0 bridgehead atoms. The summed E-state index contributed by atoms with van der Waals surface area (Å²) in [5, 5.41) is 24.7. The van der Waals surface area contributed by atoms with Crippen LogP contribution in [-0.2, 0) is 9.59 Å². The maximum absolute atomic E-state index is 12.5. The topological polar surface area (TPSA) is 127 Å². The Morgan fingerprint density at radius 3 is 2.53 bits per heavy atom. The molecular formula is C21H27N5O4S2. The van der Waals surface area contributed by atoms with Crippen molar-refractivity contribution >= 4 is 51.4 Å². The molecule has 2 amide bonds. The van der Waals surface area contributed by atoms with Crippen molar-refractivity contribution in [1.82, 2.24) is 10.2 Å². The average Bonchev–Trinajstić information content (AvgIpc) is 3.24. The van der Waals surface area contributed by atoms with Crippen molar-refractivity contribution in [3.05, 3.63) is 34.4 Å². The van der Waals surface area contributed by atoms with E-state index in [1.807, 2.05) is 0 Å². The quantitative estimate of drug-likeness (QED) is 0.211. The van der Waals surface area contributed by atoms with Gasteiger partial charge >= 0.3 is 0 Å². The molecule has 1 aromatic carbocycles. The summed E-state index contributed by atoms with van der Waals surface area (Å²) in [4.78, 5) is 34.8. The molecule has 0 unspecified atom stereocenters. The summed E-state index contributed by atoms with van der Waals surface area (Å²) in [5.41, 5.74) is 0.446. The second kappa shape index (κ2) is 11.9. The van der Waals surface area contributed by atoms with Crippen molar-refractivity contribution in [2.75, 3.05) is 16.4 Å². The van der Waals surface area contributed by atoms with Gasteiger partial charge in [0.05, 0.1) is 10.7 Å². The van der Waals surface area contributed by atoms with E-state index in [9.17, 15) is 19.7 Å². The Labute approximate surface area is 194 Å². The second-order valence-electron chi connectivity index (χ2n) is 7.86. The number of amides is 2. The third kappa shape index (κ3) is 7.27. The van der Waals surface area contributed by atoms with Gasteiger partial charge in [-0.3, -0.25) is 19.7 Å². The van der Waals surface area contributed by atoms with Gasteiger partial charge in [0.2, 0.25) is 16.9 Å². The normalized spacial score (nSPS) is 18.2. The summed E-state index contributed by atoms with van der Waals surface area (Å²) >= 11 is 2.46. The highest BCUT2D eigenvalue weighted by Gasteiger charge is 2.26. The van der Waals surface area contributed by atoms with E-state index >= 15 is 0 Å². The highest BCUT2D eigenvalue weighted by atomic mass is 32.2. The van der Waals surface area contributed by atoms with Gasteiger partial charge in [0.25, 0.3) is 5.69 Å². The van der Waals surface area contributed by atoms with Crippen LogP contribution in [0.25, 0.3) is 0 Å². The molecule has 3 rings (SSSR count). The van der Waals surface area contributed by atoms with E-state index in [1.54, 1.807) is 0 Å². The number of carbonyl (C=O) groups excluding carboxylic acids is 2. The first kappa shape index (κ1) is 24.1. The van der Waals surface area contributed by atoms with Crippen LogP contribution >= 0.6 is 23.1 Å². The highest BCUT2D eigenvalue weighted by Crippen LogP contribution is 2.33. The molecule has 1 saturated carbocycles. The number of unbranched alkanes of at least 4 members (excludes halogenated alkanes) is 1. The van der Waals surface area contributed by atoms with E-state index in [4.69, 9.17) is 0 Å². The third-order valence-corrected chi connectivity index (χ3v) is 7.48. The number of nitrogens with one attached hydrogen (secondary N) is 2. The third-order valence-electron chi connectivity index (χ3n) is 5.51. The van der Waals surface area contributed by atoms with Gasteiger partial charge in [0, 0.05) is 23.7 Å². The van der Waals surface area contributed by atoms with E-state index in [1.165, 1.54) is 66.6 Å². The molecule has 0 spiro atoms. The van der Waals surface area contributed by atoms with Crippen LogP contribution in [0.1, 0.15) is 51.9 Å². The average molecular weight is 478 g/mol. The monoisotopic (exact) mass is 477 g/mol. The fourth-order valence-corrected chi connectivity index (χ4v) is 5.28. The molecule has 0 radical (unpaired) electrons. The Hall–Kier alpha value is -2.53. The van der Waals surface area contributed by atoms with Gasteiger partial charge in [-0.25, -0.2) is 0 Å². The number of nitro benzene ring substituents is 1. The molecule has 32 heavy (non-hydrogen) atoms. The number of benzene rings is 1. The Kier molecular flexibility index (Phi) is 8.98. The molecular weight excluding hydrogens is 450 g/mol. The SMILES string of the molecule is CCCCC1CCC(C(=O)Nc2nnc(SCC(=O)Nc3ccc([N+](=O)[O-])cc3)s2)CC1. The summed E-state index contributed by atoms with van der Waals surface area (Å²) in [6.07, 6.45) is 7.81. The van der Waals surface area contributed by atoms with Crippen molar-refractivity contribution in [1.29, 1.82) is 0 Å². The molecule has 1 heterocycles. The molecule has 1 aromatic heterocycles. The summed E-state index contributed by atoms with van der Waals surface area (Å²) in [6, 6.07) is 5.63. The van der Waals surface area contributed by atoms with Crippen LogP contribution in [0.2, 0.25) is 0 Å². The number of anilines is 2. The van der Waals surface area contributed by atoms with Crippen LogP contribution in [0, 0.1) is 22.0 Å². The van der Waals surface area contributed by atoms with E-state index in [0.29, 0.717) is 15.2 Å². The van der Waals surface area contributed by atoms with Crippen LogP contribution in [0.15, 0.2) is 28.6 Å². The highest BCUT2D eigenvalue weighted by molar-refractivity contribution is 8.01. The molecule has 1 aliphatic carbocycles. The first-order valence-corrected chi connectivity index (χ1v) is 12.6. The van der Waals surface area contributed by atoms with Gasteiger partial charge in [-0.15, -0.1) is 10.2 Å². The lowest BCUT2D eigenvalue weighted by molar-refractivity contribution is -0.384. The standard InChI is InChI=1S/C21H27N5O4S2/c1-2-3-4-14-5-7-15(8-6-14)19(28)23-20-24-25-21(32-20)31-13-18(27)22-16-9-11-17(12-10-16)26(29)30/h9-12,14-15H,2-8,13H2,1H3,(H,22,27)(H,23,24,28). The first-order valence-electron chi connectivity index (χ1n) is 10.8. The molecule has 0 saturated heterocycles. The minimum atomic E-state index is -0.494. The minimum absolute atomic E-state index is 0.00237. The lowest BCUT2D eigenvalue weighted by atomic mass is 9.79. The van der Waals surface area contributed by atoms with E-state index in [2.05, 4.69) is 27.8 Å². The van der Waals surface area contributed by atoms with Crippen LogP contribution in [0.3, 0.4) is 0 Å². The maximum atomic E-state index is 12.5. The van der Waals surface area contributed by atoms with E-state index in [-0.39, 0.29) is 29.2 Å². The zero-order valence-electron chi connectivity index (χ0n) is 17.9. The van der Waals surface area contributed by atoms with Crippen molar-refractivity contribution < 1.29 is 14.5 Å². The fourth-order valence-electron chi connectivity index (χ4n) is 3.72. The van der Waals surface area contributed by atoms with Crippen LogP contribution in [-0.4, -0.2) is 32.7 Å². The number of nitro groups is 1. The molecule has 11 heteroatoms. The van der Waals surface area contributed by atoms with Gasteiger partial charge in [-0.05, 0) is 43.7 Å². The minimum Gasteiger partial charge on any atom is -0.325 e. The summed E-state index contributed by atoms with van der Waals surface area (Å²) < 4.78 is 0.586.